The lowest BCUT2D eigenvalue weighted by Crippen LogP contribution is -2.11. The first-order valence-corrected chi connectivity index (χ1v) is 10.2. The molecule has 0 fully saturated rings. The number of sulfone groups is 1. The Morgan fingerprint density at radius 1 is 1.04 bits per heavy atom. The molecular weight excluding hydrogens is 328 g/mol. The Labute approximate surface area is 141 Å². The molecule has 0 N–H and O–H groups in total. The van der Waals surface area contributed by atoms with Crippen LogP contribution in [0.5, 0.6) is 0 Å². The quantitative estimate of drug-likeness (QED) is 0.821. The van der Waals surface area contributed by atoms with Crippen LogP contribution in [0.3, 0.4) is 0 Å². The van der Waals surface area contributed by atoms with Crippen molar-refractivity contribution in [2.45, 2.75) is 17.4 Å². The van der Waals surface area contributed by atoms with E-state index in [1.807, 2.05) is 42.7 Å². The first kappa shape index (κ1) is 16.1. The summed E-state index contributed by atoms with van der Waals surface area (Å²) in [7, 11) is -3.54. The van der Waals surface area contributed by atoms with Crippen molar-refractivity contribution < 1.29 is 13.2 Å². The van der Waals surface area contributed by atoms with E-state index in [1.54, 1.807) is 36.0 Å². The molecule has 0 saturated heterocycles. The summed E-state index contributed by atoms with van der Waals surface area (Å²) in [5, 5.41) is 0. The third-order valence-electron chi connectivity index (χ3n) is 3.72. The van der Waals surface area contributed by atoms with Gasteiger partial charge in [-0.05, 0) is 18.4 Å². The molecule has 3 rings (SSSR count). The number of thioether (sulfide) groups is 1. The minimum Gasteiger partial charge on any atom is -0.488 e. The monoisotopic (exact) mass is 346 g/mol. The SMILES string of the molecule is CSCC1CC(S(=O)(=O)c2ccccc2)=C(c2ccccc2)O1. The van der Waals surface area contributed by atoms with Crippen molar-refractivity contribution >= 4 is 27.4 Å². The van der Waals surface area contributed by atoms with Gasteiger partial charge in [-0.2, -0.15) is 11.8 Å². The second-order valence-electron chi connectivity index (χ2n) is 5.33. The average molecular weight is 346 g/mol. The normalized spacial score (nSPS) is 18.0. The summed E-state index contributed by atoms with van der Waals surface area (Å²) in [4.78, 5) is 0.700. The van der Waals surface area contributed by atoms with E-state index in [9.17, 15) is 8.42 Å². The zero-order valence-corrected chi connectivity index (χ0v) is 14.4. The average Bonchev–Trinajstić information content (AvgIpc) is 3.02. The van der Waals surface area contributed by atoms with Crippen LogP contribution in [0.25, 0.3) is 5.76 Å². The van der Waals surface area contributed by atoms with E-state index in [4.69, 9.17) is 4.74 Å². The predicted octanol–water partition coefficient (Wildman–Crippen LogP) is 3.98. The Hall–Kier alpha value is -1.72. The standard InChI is InChI=1S/C18H18O3S2/c1-22-13-15-12-17(18(21-15)14-8-4-2-5-9-14)23(19,20)16-10-6-3-7-11-16/h2-11,15H,12-13H2,1H3. The highest BCUT2D eigenvalue weighted by Gasteiger charge is 2.35. The van der Waals surface area contributed by atoms with Gasteiger partial charge in [-0.1, -0.05) is 48.5 Å². The molecule has 1 aliphatic rings. The van der Waals surface area contributed by atoms with Gasteiger partial charge in [-0.25, -0.2) is 8.42 Å². The van der Waals surface area contributed by atoms with E-state index in [-0.39, 0.29) is 6.10 Å². The topological polar surface area (TPSA) is 43.4 Å². The number of hydrogen-bond acceptors (Lipinski definition) is 4. The Kier molecular flexibility index (Phi) is 4.78. The van der Waals surface area contributed by atoms with Gasteiger partial charge < -0.3 is 4.74 Å². The number of benzene rings is 2. The lowest BCUT2D eigenvalue weighted by Gasteiger charge is -2.11. The highest BCUT2D eigenvalue weighted by molar-refractivity contribution is 7.98. The fourth-order valence-corrected chi connectivity index (χ4v) is 4.82. The second-order valence-corrected chi connectivity index (χ2v) is 8.22. The van der Waals surface area contributed by atoms with Gasteiger partial charge in [0.1, 0.15) is 11.9 Å². The summed E-state index contributed by atoms with van der Waals surface area (Å²) in [6.45, 7) is 0. The molecule has 0 spiro atoms. The fourth-order valence-electron chi connectivity index (χ4n) is 2.64. The molecule has 0 saturated carbocycles. The number of rotatable bonds is 5. The van der Waals surface area contributed by atoms with E-state index >= 15 is 0 Å². The van der Waals surface area contributed by atoms with E-state index in [0.717, 1.165) is 11.3 Å². The smallest absolute Gasteiger partial charge is 0.206 e. The number of ether oxygens (including phenoxy) is 1. The van der Waals surface area contributed by atoms with Crippen LogP contribution in [0.1, 0.15) is 12.0 Å². The molecule has 1 atom stereocenters. The third kappa shape index (κ3) is 3.31. The summed E-state index contributed by atoms with van der Waals surface area (Å²) in [6.07, 6.45) is 2.31. The summed E-state index contributed by atoms with van der Waals surface area (Å²) in [5.41, 5.74) is 0.811. The van der Waals surface area contributed by atoms with E-state index in [2.05, 4.69) is 0 Å². The Morgan fingerprint density at radius 3 is 2.26 bits per heavy atom. The maximum absolute atomic E-state index is 13.0. The van der Waals surface area contributed by atoms with Crippen molar-refractivity contribution in [1.29, 1.82) is 0 Å². The molecule has 5 heteroatoms. The van der Waals surface area contributed by atoms with E-state index in [1.165, 1.54) is 0 Å². The van der Waals surface area contributed by atoms with Crippen LogP contribution in [0.2, 0.25) is 0 Å². The first-order chi connectivity index (χ1) is 11.1. The largest absolute Gasteiger partial charge is 0.488 e. The van der Waals surface area contributed by atoms with Crippen molar-refractivity contribution in [1.82, 2.24) is 0 Å². The van der Waals surface area contributed by atoms with Gasteiger partial charge in [-0.3, -0.25) is 0 Å². The highest BCUT2D eigenvalue weighted by Crippen LogP contribution is 2.39. The third-order valence-corrected chi connectivity index (χ3v) is 6.32. The van der Waals surface area contributed by atoms with Crippen molar-refractivity contribution in [3.05, 3.63) is 71.1 Å². The van der Waals surface area contributed by atoms with Crippen molar-refractivity contribution in [3.8, 4) is 0 Å². The van der Waals surface area contributed by atoms with Crippen LogP contribution in [0.15, 0.2) is 70.5 Å². The number of hydrogen-bond donors (Lipinski definition) is 0. The Morgan fingerprint density at radius 2 is 1.65 bits per heavy atom. The van der Waals surface area contributed by atoms with Gasteiger partial charge in [0.25, 0.3) is 0 Å². The zero-order chi connectivity index (χ0) is 16.3. The molecular formula is C18H18O3S2. The molecule has 1 aliphatic heterocycles. The van der Waals surface area contributed by atoms with Gasteiger partial charge in [0.15, 0.2) is 0 Å². The van der Waals surface area contributed by atoms with Gasteiger partial charge in [0, 0.05) is 17.7 Å². The summed E-state index contributed by atoms with van der Waals surface area (Å²) < 4.78 is 32.0. The van der Waals surface area contributed by atoms with Crippen LogP contribution < -0.4 is 0 Å². The van der Waals surface area contributed by atoms with Crippen molar-refractivity contribution in [3.63, 3.8) is 0 Å². The first-order valence-electron chi connectivity index (χ1n) is 7.37. The molecule has 120 valence electrons. The second kappa shape index (κ2) is 6.81. The van der Waals surface area contributed by atoms with Gasteiger partial charge in [0.05, 0.1) is 9.80 Å². The maximum Gasteiger partial charge on any atom is 0.206 e. The van der Waals surface area contributed by atoms with Gasteiger partial charge >= 0.3 is 0 Å². The van der Waals surface area contributed by atoms with Crippen LogP contribution >= 0.6 is 11.8 Å². The van der Waals surface area contributed by atoms with Crippen molar-refractivity contribution in [2.24, 2.45) is 0 Å². The Balaban J connectivity index is 2.08. The molecule has 23 heavy (non-hydrogen) atoms. The van der Waals surface area contributed by atoms with E-state index < -0.39 is 9.84 Å². The summed E-state index contributed by atoms with van der Waals surface area (Å²) >= 11 is 1.66. The predicted molar refractivity (Wildman–Crippen MR) is 94.9 cm³/mol. The van der Waals surface area contributed by atoms with Crippen LogP contribution in [-0.2, 0) is 14.6 Å². The highest BCUT2D eigenvalue weighted by atomic mass is 32.2. The summed E-state index contributed by atoms with van der Waals surface area (Å²) in [6, 6.07) is 18.0. The lowest BCUT2D eigenvalue weighted by atomic mass is 10.2. The fraction of sp³-hybridized carbons (Fsp3) is 0.222. The molecule has 0 amide bonds. The molecule has 1 heterocycles. The zero-order valence-electron chi connectivity index (χ0n) is 12.8. The molecule has 0 aromatic heterocycles. The van der Waals surface area contributed by atoms with Crippen molar-refractivity contribution in [2.75, 3.05) is 12.0 Å². The molecule has 1 unspecified atom stereocenters. The molecule has 0 aliphatic carbocycles. The molecule has 3 nitrogen and oxygen atoms in total. The van der Waals surface area contributed by atoms with Gasteiger partial charge in [0.2, 0.25) is 9.84 Å². The van der Waals surface area contributed by atoms with E-state index in [0.29, 0.717) is 22.0 Å². The molecule has 0 bridgehead atoms. The van der Waals surface area contributed by atoms with Gasteiger partial charge in [-0.15, -0.1) is 0 Å². The molecule has 2 aromatic carbocycles. The van der Waals surface area contributed by atoms with Crippen LogP contribution in [0, 0.1) is 0 Å². The minimum atomic E-state index is -3.54. The molecule has 0 radical (unpaired) electrons. The lowest BCUT2D eigenvalue weighted by molar-refractivity contribution is 0.215. The minimum absolute atomic E-state index is 0.103. The molecule has 2 aromatic rings. The Bertz CT molecular complexity index is 797. The van der Waals surface area contributed by atoms with Crippen LogP contribution in [-0.4, -0.2) is 26.5 Å². The van der Waals surface area contributed by atoms with Crippen LogP contribution in [0.4, 0.5) is 0 Å². The summed E-state index contributed by atoms with van der Waals surface area (Å²) in [5.74, 6) is 1.26. The maximum atomic E-state index is 13.0.